The van der Waals surface area contributed by atoms with Gasteiger partial charge in [-0.25, -0.2) is 0 Å². The number of halogens is 4. The summed E-state index contributed by atoms with van der Waals surface area (Å²) in [6.07, 6.45) is 0. The topological polar surface area (TPSA) is 33.0 Å². The first-order valence-corrected chi connectivity index (χ1v) is 4.34. The van der Waals surface area contributed by atoms with Crippen molar-refractivity contribution in [2.45, 2.75) is 0 Å². The predicted octanol–water partition coefficient (Wildman–Crippen LogP) is 2.98. The van der Waals surface area contributed by atoms with Gasteiger partial charge in [0, 0.05) is 0 Å². The smallest absolute Gasteiger partial charge is 0.515 e. The van der Waals surface area contributed by atoms with Gasteiger partial charge in [-0.05, 0) is 12.1 Å². The summed E-state index contributed by atoms with van der Waals surface area (Å²) in [6.45, 7) is -6.41. The van der Waals surface area contributed by atoms with Gasteiger partial charge in [0.25, 0.3) is 0 Å². The maximum absolute atomic E-state index is 11.9. The van der Waals surface area contributed by atoms with Crippen LogP contribution >= 0.6 is 11.6 Å². The molecule has 0 aliphatic rings. The highest BCUT2D eigenvalue weighted by Gasteiger charge is 2.24. The van der Waals surface area contributed by atoms with E-state index >= 15 is 0 Å². The standard InChI is InChI=1S/C8H5BClF3NO/c10-7-2-1-3-8(6(7)4-14)15-5-9(11,12)13/h1-3H,5H2/q-1. The third kappa shape index (κ3) is 3.37. The van der Waals surface area contributed by atoms with Crippen molar-refractivity contribution < 1.29 is 17.7 Å². The maximum atomic E-state index is 11.9. The Morgan fingerprint density at radius 2 is 2.07 bits per heavy atom. The normalized spacial score (nSPS) is 10.9. The molecule has 0 radical (unpaired) electrons. The minimum atomic E-state index is -5.04. The summed E-state index contributed by atoms with van der Waals surface area (Å²) in [7, 11) is 0. The molecule has 0 atom stereocenters. The van der Waals surface area contributed by atoms with Gasteiger partial charge in [-0.1, -0.05) is 17.7 Å². The predicted molar refractivity (Wildman–Crippen MR) is 50.7 cm³/mol. The number of hydrogen-bond acceptors (Lipinski definition) is 2. The third-order valence-corrected chi connectivity index (χ3v) is 1.83. The van der Waals surface area contributed by atoms with Gasteiger partial charge in [0.2, 0.25) is 0 Å². The van der Waals surface area contributed by atoms with Crippen LogP contribution in [0.2, 0.25) is 5.02 Å². The molecule has 0 aromatic heterocycles. The molecule has 0 bridgehead atoms. The second-order valence-electron chi connectivity index (χ2n) is 2.75. The zero-order chi connectivity index (χ0) is 11.5. The number of ether oxygens (including phenoxy) is 1. The van der Waals surface area contributed by atoms with Crippen molar-refractivity contribution in [2.24, 2.45) is 0 Å². The Bertz CT molecular complexity index is 402. The van der Waals surface area contributed by atoms with Crippen LogP contribution in [-0.2, 0) is 0 Å². The van der Waals surface area contributed by atoms with E-state index in [1.807, 2.05) is 0 Å². The van der Waals surface area contributed by atoms with E-state index in [2.05, 4.69) is 4.74 Å². The zero-order valence-electron chi connectivity index (χ0n) is 7.38. The quantitative estimate of drug-likeness (QED) is 0.753. The van der Waals surface area contributed by atoms with Crippen LogP contribution in [-0.4, -0.2) is 13.5 Å². The molecule has 1 rings (SSSR count). The van der Waals surface area contributed by atoms with E-state index in [0.29, 0.717) is 0 Å². The molecule has 1 aromatic rings. The fourth-order valence-electron chi connectivity index (χ4n) is 0.917. The van der Waals surface area contributed by atoms with E-state index in [9.17, 15) is 12.9 Å². The average Bonchev–Trinajstić information content (AvgIpc) is 2.13. The maximum Gasteiger partial charge on any atom is 0.515 e. The van der Waals surface area contributed by atoms with Crippen LogP contribution in [0.15, 0.2) is 18.2 Å². The van der Waals surface area contributed by atoms with E-state index in [0.717, 1.165) is 0 Å². The first-order valence-electron chi connectivity index (χ1n) is 3.96. The second kappa shape index (κ2) is 4.45. The van der Waals surface area contributed by atoms with Gasteiger partial charge in [-0.2, -0.15) is 5.26 Å². The molecule has 0 saturated heterocycles. The number of nitrogens with zero attached hydrogens (tertiary/aromatic N) is 1. The van der Waals surface area contributed by atoms with Gasteiger partial charge < -0.3 is 17.7 Å². The van der Waals surface area contributed by atoms with Crippen LogP contribution in [0.1, 0.15) is 5.56 Å². The summed E-state index contributed by atoms with van der Waals surface area (Å²) in [5.74, 6) is -0.149. The van der Waals surface area contributed by atoms with E-state index in [1.54, 1.807) is 6.07 Å². The fourth-order valence-corrected chi connectivity index (χ4v) is 1.13. The summed E-state index contributed by atoms with van der Waals surface area (Å²) in [6, 6.07) is 5.78. The molecule has 0 heterocycles. The molecular formula is C8H5BClF3NO-. The Hall–Kier alpha value is -1.35. The van der Waals surface area contributed by atoms with Gasteiger partial charge >= 0.3 is 6.98 Å². The average molecular weight is 234 g/mol. The molecule has 0 saturated carbocycles. The lowest BCUT2D eigenvalue weighted by molar-refractivity contribution is 0.312. The van der Waals surface area contributed by atoms with E-state index in [-0.39, 0.29) is 16.3 Å². The van der Waals surface area contributed by atoms with Crippen LogP contribution in [0.4, 0.5) is 12.9 Å². The number of benzene rings is 1. The lowest BCUT2D eigenvalue weighted by Gasteiger charge is -2.15. The summed E-state index contributed by atoms with van der Waals surface area (Å²) >= 11 is 5.60. The zero-order valence-corrected chi connectivity index (χ0v) is 8.14. The largest absolute Gasteiger partial charge is 0.520 e. The SMILES string of the molecule is N#Cc1c(Cl)cccc1OC[B-](F)(F)F. The first kappa shape index (κ1) is 11.7. The summed E-state index contributed by atoms with van der Waals surface area (Å²) in [4.78, 5) is 0. The Kier molecular flexibility index (Phi) is 3.48. The van der Waals surface area contributed by atoms with Crippen molar-refractivity contribution in [3.8, 4) is 11.8 Å². The molecular weight excluding hydrogens is 229 g/mol. The highest BCUT2D eigenvalue weighted by Crippen LogP contribution is 2.26. The molecule has 0 fully saturated rings. The van der Waals surface area contributed by atoms with Crippen molar-refractivity contribution in [3.63, 3.8) is 0 Å². The van der Waals surface area contributed by atoms with Gasteiger partial charge in [0.1, 0.15) is 17.4 Å². The van der Waals surface area contributed by atoms with Gasteiger partial charge in [0.05, 0.1) is 11.5 Å². The van der Waals surface area contributed by atoms with E-state index < -0.39 is 13.5 Å². The molecule has 0 aliphatic heterocycles. The van der Waals surface area contributed by atoms with Crippen molar-refractivity contribution in [2.75, 3.05) is 6.51 Å². The number of hydrogen-bond donors (Lipinski definition) is 0. The molecule has 0 spiro atoms. The lowest BCUT2D eigenvalue weighted by atomic mass is 9.95. The van der Waals surface area contributed by atoms with E-state index in [4.69, 9.17) is 16.9 Å². The van der Waals surface area contributed by atoms with Crippen molar-refractivity contribution >= 4 is 18.6 Å². The van der Waals surface area contributed by atoms with Crippen molar-refractivity contribution in [3.05, 3.63) is 28.8 Å². The molecule has 80 valence electrons. The van der Waals surface area contributed by atoms with Crippen LogP contribution in [0.25, 0.3) is 0 Å². The third-order valence-electron chi connectivity index (χ3n) is 1.52. The minimum Gasteiger partial charge on any atom is -0.520 e. The van der Waals surface area contributed by atoms with Gasteiger partial charge in [0.15, 0.2) is 0 Å². The summed E-state index contributed by atoms with van der Waals surface area (Å²) in [5.41, 5.74) is -0.0841. The number of nitriles is 1. The molecule has 0 unspecified atom stereocenters. The number of rotatable bonds is 3. The van der Waals surface area contributed by atoms with Crippen LogP contribution in [0, 0.1) is 11.3 Å². The van der Waals surface area contributed by atoms with Crippen LogP contribution in [0.5, 0.6) is 5.75 Å². The Morgan fingerprint density at radius 3 is 2.60 bits per heavy atom. The highest BCUT2D eigenvalue weighted by atomic mass is 35.5. The van der Waals surface area contributed by atoms with Crippen LogP contribution < -0.4 is 4.74 Å². The molecule has 7 heteroatoms. The molecule has 0 N–H and O–H groups in total. The van der Waals surface area contributed by atoms with Gasteiger partial charge in [-0.3, -0.25) is 0 Å². The van der Waals surface area contributed by atoms with Crippen molar-refractivity contribution in [1.82, 2.24) is 0 Å². The Balaban J connectivity index is 2.87. The van der Waals surface area contributed by atoms with E-state index in [1.165, 1.54) is 18.2 Å². The Labute approximate surface area is 89.3 Å². The molecule has 0 aliphatic carbocycles. The molecule has 2 nitrogen and oxygen atoms in total. The second-order valence-corrected chi connectivity index (χ2v) is 3.15. The van der Waals surface area contributed by atoms with Gasteiger partial charge in [-0.15, -0.1) is 0 Å². The molecule has 1 aromatic carbocycles. The fraction of sp³-hybridized carbons (Fsp3) is 0.125. The highest BCUT2D eigenvalue weighted by molar-refractivity contribution is 6.58. The van der Waals surface area contributed by atoms with Crippen LogP contribution in [0.3, 0.4) is 0 Å². The molecule has 15 heavy (non-hydrogen) atoms. The summed E-state index contributed by atoms with van der Waals surface area (Å²) < 4.78 is 40.2. The lowest BCUT2D eigenvalue weighted by Crippen LogP contribution is -2.26. The minimum absolute atomic E-state index is 0.0738. The summed E-state index contributed by atoms with van der Waals surface area (Å²) in [5, 5.41) is 8.71. The first-order chi connectivity index (χ1) is 6.94. The monoisotopic (exact) mass is 234 g/mol. The molecule has 0 amide bonds. The van der Waals surface area contributed by atoms with Crippen molar-refractivity contribution in [1.29, 1.82) is 5.26 Å². The Morgan fingerprint density at radius 1 is 1.40 bits per heavy atom.